The molecule has 2 aliphatic rings. The Labute approximate surface area is 105 Å². The molecule has 0 amide bonds. The van der Waals surface area contributed by atoms with Crippen LogP contribution in [0.3, 0.4) is 0 Å². The van der Waals surface area contributed by atoms with Crippen LogP contribution in [0.1, 0.15) is 25.0 Å². The summed E-state index contributed by atoms with van der Waals surface area (Å²) < 4.78 is 6.56. The first-order valence-corrected chi connectivity index (χ1v) is 6.46. The summed E-state index contributed by atoms with van der Waals surface area (Å²) in [6.45, 7) is 7.20. The highest BCUT2D eigenvalue weighted by Crippen LogP contribution is 2.42. The number of hydrogen-bond acceptors (Lipinski definition) is 2. The fraction of sp³-hybridized carbons (Fsp3) is 0.538. The molecule has 1 aromatic rings. The zero-order chi connectivity index (χ0) is 11.4. The minimum absolute atomic E-state index is 0.0888. The van der Waals surface area contributed by atoms with Crippen LogP contribution >= 0.6 is 15.9 Å². The lowest BCUT2D eigenvalue weighted by Gasteiger charge is -2.50. The van der Waals surface area contributed by atoms with Gasteiger partial charge in [-0.25, -0.2) is 0 Å². The lowest BCUT2D eigenvalue weighted by atomic mass is 9.71. The highest BCUT2D eigenvalue weighted by molar-refractivity contribution is 9.10. The van der Waals surface area contributed by atoms with E-state index in [-0.39, 0.29) is 11.0 Å². The van der Waals surface area contributed by atoms with E-state index in [1.807, 2.05) is 0 Å². The topological polar surface area (TPSA) is 21.3 Å². The second-order valence-electron chi connectivity index (χ2n) is 5.50. The van der Waals surface area contributed by atoms with Gasteiger partial charge in [0, 0.05) is 16.4 Å². The van der Waals surface area contributed by atoms with Crippen molar-refractivity contribution in [3.63, 3.8) is 0 Å². The molecule has 3 rings (SSSR count). The number of ether oxygens (including phenoxy) is 1. The number of benzene rings is 1. The van der Waals surface area contributed by atoms with E-state index in [9.17, 15) is 0 Å². The Bertz CT molecular complexity index is 438. The molecule has 0 aromatic heterocycles. The predicted molar refractivity (Wildman–Crippen MR) is 67.7 cm³/mol. The fourth-order valence-electron chi connectivity index (χ4n) is 2.64. The van der Waals surface area contributed by atoms with E-state index in [0.717, 1.165) is 24.2 Å². The molecule has 2 heterocycles. The molecule has 86 valence electrons. The van der Waals surface area contributed by atoms with Gasteiger partial charge < -0.3 is 10.1 Å². The lowest BCUT2D eigenvalue weighted by Crippen LogP contribution is -2.63. The molecule has 1 N–H and O–H groups in total. The summed E-state index contributed by atoms with van der Waals surface area (Å²) in [6, 6.07) is 6.62. The average molecular weight is 282 g/mol. The van der Waals surface area contributed by atoms with Gasteiger partial charge in [-0.1, -0.05) is 35.8 Å². The van der Waals surface area contributed by atoms with Crippen molar-refractivity contribution >= 4 is 15.9 Å². The van der Waals surface area contributed by atoms with Gasteiger partial charge in [0.1, 0.15) is 0 Å². The summed E-state index contributed by atoms with van der Waals surface area (Å²) in [5.74, 6) is 0. The van der Waals surface area contributed by atoms with Crippen LogP contribution in [0.2, 0.25) is 0 Å². The summed E-state index contributed by atoms with van der Waals surface area (Å²) in [6.07, 6.45) is 0. The van der Waals surface area contributed by atoms with Gasteiger partial charge in [-0.2, -0.15) is 0 Å². The van der Waals surface area contributed by atoms with E-state index >= 15 is 0 Å². The molecule has 1 aromatic carbocycles. The van der Waals surface area contributed by atoms with Crippen molar-refractivity contribution < 1.29 is 4.74 Å². The maximum Gasteiger partial charge on any atom is 0.0911 e. The Hall–Kier alpha value is -0.380. The molecule has 1 fully saturated rings. The van der Waals surface area contributed by atoms with Crippen molar-refractivity contribution in [2.75, 3.05) is 19.8 Å². The zero-order valence-electron chi connectivity index (χ0n) is 9.64. The molecule has 0 radical (unpaired) electrons. The molecule has 2 aliphatic heterocycles. The summed E-state index contributed by atoms with van der Waals surface area (Å²) in [7, 11) is 0. The van der Waals surface area contributed by atoms with E-state index in [2.05, 4.69) is 53.3 Å². The Morgan fingerprint density at radius 3 is 2.62 bits per heavy atom. The van der Waals surface area contributed by atoms with Gasteiger partial charge in [-0.15, -0.1) is 0 Å². The minimum atomic E-state index is 0.0888. The van der Waals surface area contributed by atoms with E-state index in [1.165, 1.54) is 11.1 Å². The molecule has 0 unspecified atom stereocenters. The van der Waals surface area contributed by atoms with Crippen LogP contribution < -0.4 is 5.32 Å². The van der Waals surface area contributed by atoms with Crippen molar-refractivity contribution in [3.05, 3.63) is 33.8 Å². The molecule has 0 atom stereocenters. The van der Waals surface area contributed by atoms with E-state index in [0.29, 0.717) is 0 Å². The average Bonchev–Trinajstić information content (AvgIpc) is 2.17. The molecule has 1 spiro atoms. The third-order valence-corrected chi connectivity index (χ3v) is 4.29. The van der Waals surface area contributed by atoms with Crippen molar-refractivity contribution in [2.45, 2.75) is 24.8 Å². The molecule has 0 bridgehead atoms. The van der Waals surface area contributed by atoms with Gasteiger partial charge in [-0.05, 0) is 23.3 Å². The zero-order valence-corrected chi connectivity index (χ0v) is 11.2. The molecular formula is C13H16BrNO. The SMILES string of the molecule is CC1(C)CNC2(COC2)c2ccc(Br)cc21. The standard InChI is InChI=1S/C13H16BrNO/c1-12(2)6-15-13(7-16-8-13)10-4-3-9(14)5-11(10)12/h3-5,15H,6-8H2,1-2H3. The first kappa shape index (κ1) is 10.8. The minimum Gasteiger partial charge on any atom is -0.377 e. The maximum atomic E-state index is 5.40. The van der Waals surface area contributed by atoms with Gasteiger partial charge in [0.2, 0.25) is 0 Å². The van der Waals surface area contributed by atoms with Crippen LogP contribution in [0, 0.1) is 0 Å². The predicted octanol–water partition coefficient (Wildman–Crippen LogP) is 2.56. The Morgan fingerprint density at radius 1 is 1.25 bits per heavy atom. The molecule has 1 saturated heterocycles. The van der Waals surface area contributed by atoms with Gasteiger partial charge in [0.25, 0.3) is 0 Å². The second-order valence-corrected chi connectivity index (χ2v) is 6.42. The molecule has 0 saturated carbocycles. The molecule has 16 heavy (non-hydrogen) atoms. The van der Waals surface area contributed by atoms with Crippen molar-refractivity contribution in [2.24, 2.45) is 0 Å². The normalized spacial score (nSPS) is 24.9. The van der Waals surface area contributed by atoms with Gasteiger partial charge in [0.15, 0.2) is 0 Å². The maximum absolute atomic E-state index is 5.40. The third-order valence-electron chi connectivity index (χ3n) is 3.79. The molecular weight excluding hydrogens is 266 g/mol. The first-order chi connectivity index (χ1) is 7.54. The second kappa shape index (κ2) is 3.31. The summed E-state index contributed by atoms with van der Waals surface area (Å²) in [5.41, 5.74) is 3.15. The molecule has 0 aliphatic carbocycles. The van der Waals surface area contributed by atoms with Crippen molar-refractivity contribution in [1.29, 1.82) is 0 Å². The van der Waals surface area contributed by atoms with Crippen LogP contribution in [0.25, 0.3) is 0 Å². The van der Waals surface area contributed by atoms with Crippen LogP contribution in [-0.2, 0) is 15.7 Å². The van der Waals surface area contributed by atoms with E-state index in [4.69, 9.17) is 4.74 Å². The van der Waals surface area contributed by atoms with E-state index in [1.54, 1.807) is 0 Å². The number of rotatable bonds is 0. The van der Waals surface area contributed by atoms with Crippen LogP contribution in [-0.4, -0.2) is 19.8 Å². The Balaban J connectivity index is 2.18. The van der Waals surface area contributed by atoms with Crippen LogP contribution in [0.5, 0.6) is 0 Å². The van der Waals surface area contributed by atoms with Crippen molar-refractivity contribution in [3.8, 4) is 0 Å². The van der Waals surface area contributed by atoms with Crippen LogP contribution in [0.4, 0.5) is 0 Å². The summed E-state index contributed by atoms with van der Waals surface area (Å²) >= 11 is 3.57. The fourth-order valence-corrected chi connectivity index (χ4v) is 3.00. The highest BCUT2D eigenvalue weighted by Gasteiger charge is 2.47. The van der Waals surface area contributed by atoms with Crippen molar-refractivity contribution in [1.82, 2.24) is 5.32 Å². The monoisotopic (exact) mass is 281 g/mol. The van der Waals surface area contributed by atoms with Gasteiger partial charge in [0.05, 0.1) is 18.8 Å². The van der Waals surface area contributed by atoms with E-state index < -0.39 is 0 Å². The summed E-state index contributed by atoms with van der Waals surface area (Å²) in [4.78, 5) is 0. The number of hydrogen-bond donors (Lipinski definition) is 1. The quantitative estimate of drug-likeness (QED) is 0.789. The largest absolute Gasteiger partial charge is 0.377 e. The smallest absolute Gasteiger partial charge is 0.0911 e. The number of nitrogens with one attached hydrogen (secondary N) is 1. The third kappa shape index (κ3) is 1.38. The first-order valence-electron chi connectivity index (χ1n) is 5.67. The highest BCUT2D eigenvalue weighted by atomic mass is 79.9. The number of fused-ring (bicyclic) bond motifs is 2. The van der Waals surface area contributed by atoms with Gasteiger partial charge in [-0.3, -0.25) is 0 Å². The number of halogens is 1. The van der Waals surface area contributed by atoms with Crippen LogP contribution in [0.15, 0.2) is 22.7 Å². The molecule has 2 nitrogen and oxygen atoms in total. The summed E-state index contributed by atoms with van der Waals surface area (Å²) in [5, 5.41) is 3.66. The molecule has 3 heteroatoms. The van der Waals surface area contributed by atoms with Gasteiger partial charge >= 0.3 is 0 Å². The Kier molecular flexibility index (Phi) is 2.23. The lowest BCUT2D eigenvalue weighted by molar-refractivity contribution is -0.0854. The Morgan fingerprint density at radius 2 is 2.00 bits per heavy atom.